The van der Waals surface area contributed by atoms with Crippen LogP contribution in [0.25, 0.3) is 0 Å². The number of amides is 1. The van der Waals surface area contributed by atoms with Crippen molar-refractivity contribution in [1.82, 2.24) is 9.29 Å². The second kappa shape index (κ2) is 10.5. The highest BCUT2D eigenvalue weighted by molar-refractivity contribution is 7.89. The van der Waals surface area contributed by atoms with Crippen LogP contribution in [0.1, 0.15) is 36.0 Å². The summed E-state index contributed by atoms with van der Waals surface area (Å²) in [6.45, 7) is 3.20. The van der Waals surface area contributed by atoms with Crippen LogP contribution < -0.4 is 15.0 Å². The molecule has 33 heavy (non-hydrogen) atoms. The molecule has 0 bridgehead atoms. The van der Waals surface area contributed by atoms with E-state index in [0.717, 1.165) is 31.7 Å². The lowest BCUT2D eigenvalue weighted by Crippen LogP contribution is -2.40. The fourth-order valence-electron chi connectivity index (χ4n) is 4.09. The number of sulfonamides is 1. The number of benzene rings is 1. The zero-order valence-electron chi connectivity index (χ0n) is 18.8. The molecular formula is C23H30N4O5S. The van der Waals surface area contributed by atoms with Crippen LogP contribution in [-0.4, -0.2) is 70.1 Å². The van der Waals surface area contributed by atoms with Crippen LogP contribution in [0, 0.1) is 0 Å². The van der Waals surface area contributed by atoms with Gasteiger partial charge in [0.15, 0.2) is 0 Å². The third-order valence-electron chi connectivity index (χ3n) is 5.95. The molecule has 2 aromatic rings. The molecule has 10 heteroatoms. The van der Waals surface area contributed by atoms with Gasteiger partial charge in [-0.25, -0.2) is 13.4 Å². The van der Waals surface area contributed by atoms with Gasteiger partial charge in [0.2, 0.25) is 10.0 Å². The smallest absolute Gasteiger partial charge is 0.257 e. The van der Waals surface area contributed by atoms with Crippen molar-refractivity contribution in [3.05, 3.63) is 42.1 Å². The molecule has 0 spiro atoms. The molecule has 1 aromatic heterocycles. The van der Waals surface area contributed by atoms with Gasteiger partial charge in [-0.1, -0.05) is 12.8 Å². The molecule has 2 aliphatic heterocycles. The van der Waals surface area contributed by atoms with E-state index in [9.17, 15) is 13.2 Å². The summed E-state index contributed by atoms with van der Waals surface area (Å²) in [7, 11) is -2.37. The van der Waals surface area contributed by atoms with Gasteiger partial charge in [-0.3, -0.25) is 4.79 Å². The van der Waals surface area contributed by atoms with Gasteiger partial charge < -0.3 is 19.7 Å². The van der Waals surface area contributed by atoms with Crippen molar-refractivity contribution in [1.29, 1.82) is 0 Å². The summed E-state index contributed by atoms with van der Waals surface area (Å²) < 4.78 is 38.2. The lowest BCUT2D eigenvalue weighted by Gasteiger charge is -2.26. The van der Waals surface area contributed by atoms with Crippen LogP contribution in [0.4, 0.5) is 11.5 Å². The molecule has 2 saturated heterocycles. The summed E-state index contributed by atoms with van der Waals surface area (Å²) in [5.74, 6) is 0.740. The molecular weight excluding hydrogens is 444 g/mol. The number of morpholine rings is 1. The number of methoxy groups -OCH3 is 1. The Hall–Kier alpha value is -2.69. The maximum atomic E-state index is 13.2. The van der Waals surface area contributed by atoms with Crippen LogP contribution in [-0.2, 0) is 14.8 Å². The van der Waals surface area contributed by atoms with E-state index >= 15 is 0 Å². The zero-order chi connectivity index (χ0) is 23.3. The number of nitrogens with one attached hydrogen (secondary N) is 1. The van der Waals surface area contributed by atoms with Crippen molar-refractivity contribution in [2.24, 2.45) is 0 Å². The number of anilines is 2. The molecule has 178 valence electrons. The van der Waals surface area contributed by atoms with Crippen molar-refractivity contribution < 1.29 is 22.7 Å². The van der Waals surface area contributed by atoms with Crippen molar-refractivity contribution in [3.8, 4) is 5.75 Å². The number of aromatic nitrogens is 1. The third-order valence-corrected chi connectivity index (χ3v) is 7.87. The van der Waals surface area contributed by atoms with Crippen LogP contribution in [0.2, 0.25) is 0 Å². The van der Waals surface area contributed by atoms with Gasteiger partial charge in [0.1, 0.15) is 16.5 Å². The minimum Gasteiger partial charge on any atom is -0.495 e. The molecule has 0 aliphatic carbocycles. The predicted octanol–water partition coefficient (Wildman–Crippen LogP) is 2.74. The Morgan fingerprint density at radius 3 is 2.39 bits per heavy atom. The van der Waals surface area contributed by atoms with Crippen molar-refractivity contribution in [3.63, 3.8) is 0 Å². The number of pyridine rings is 1. The summed E-state index contributed by atoms with van der Waals surface area (Å²) in [5.41, 5.74) is 0.770. The molecule has 1 aromatic carbocycles. The third kappa shape index (κ3) is 5.45. The minimum atomic E-state index is -3.79. The Morgan fingerprint density at radius 2 is 1.76 bits per heavy atom. The lowest BCUT2D eigenvalue weighted by molar-refractivity contribution is 0.0729. The molecule has 1 amide bonds. The maximum Gasteiger partial charge on any atom is 0.257 e. The summed E-state index contributed by atoms with van der Waals surface area (Å²) in [6, 6.07) is 8.21. The number of hydrogen-bond donors (Lipinski definition) is 1. The molecule has 2 aliphatic rings. The van der Waals surface area contributed by atoms with Gasteiger partial charge >= 0.3 is 0 Å². The molecule has 0 unspecified atom stereocenters. The first-order valence-electron chi connectivity index (χ1n) is 11.3. The average molecular weight is 475 g/mol. The first-order chi connectivity index (χ1) is 16.0. The topological polar surface area (TPSA) is 101 Å². The Kier molecular flexibility index (Phi) is 7.46. The molecule has 3 heterocycles. The summed E-state index contributed by atoms with van der Waals surface area (Å²) in [5, 5.41) is 2.78. The standard InChI is InChI=1S/C23H30N4O5S/c1-31-20-8-7-19(16-21(20)33(29,30)27-12-14-32-15-13-27)25-23(28)18-6-9-22(24-17-18)26-10-4-2-3-5-11-26/h6-9,16-17H,2-5,10-15H2,1H3,(H,25,28). The second-order valence-electron chi connectivity index (χ2n) is 8.14. The number of hydrogen-bond acceptors (Lipinski definition) is 7. The SMILES string of the molecule is COc1ccc(NC(=O)c2ccc(N3CCCCCC3)nc2)cc1S(=O)(=O)N1CCOCC1. The predicted molar refractivity (Wildman–Crippen MR) is 125 cm³/mol. The lowest BCUT2D eigenvalue weighted by atomic mass is 10.2. The van der Waals surface area contributed by atoms with Crippen LogP contribution >= 0.6 is 0 Å². The van der Waals surface area contributed by atoms with Gasteiger partial charge in [0.05, 0.1) is 25.9 Å². The summed E-state index contributed by atoms with van der Waals surface area (Å²) >= 11 is 0. The van der Waals surface area contributed by atoms with Gasteiger partial charge in [-0.05, 0) is 43.2 Å². The highest BCUT2D eigenvalue weighted by Crippen LogP contribution is 2.30. The highest BCUT2D eigenvalue weighted by atomic mass is 32.2. The van der Waals surface area contributed by atoms with E-state index in [1.54, 1.807) is 24.4 Å². The number of carbonyl (C=O) groups excluding carboxylic acids is 1. The van der Waals surface area contributed by atoms with Gasteiger partial charge in [0.25, 0.3) is 5.91 Å². The fourth-order valence-corrected chi connectivity index (χ4v) is 5.68. The normalized spacial score (nSPS) is 17.9. The first-order valence-corrected chi connectivity index (χ1v) is 12.7. The number of carbonyl (C=O) groups is 1. The van der Waals surface area contributed by atoms with E-state index in [2.05, 4.69) is 15.2 Å². The Balaban J connectivity index is 1.50. The largest absolute Gasteiger partial charge is 0.495 e. The van der Waals surface area contributed by atoms with E-state index in [1.165, 1.54) is 30.3 Å². The van der Waals surface area contributed by atoms with E-state index in [0.29, 0.717) is 24.5 Å². The first kappa shape index (κ1) is 23.5. The Morgan fingerprint density at radius 1 is 1.03 bits per heavy atom. The van der Waals surface area contributed by atoms with Crippen LogP contribution in [0.3, 0.4) is 0 Å². The van der Waals surface area contributed by atoms with E-state index in [-0.39, 0.29) is 29.6 Å². The van der Waals surface area contributed by atoms with E-state index < -0.39 is 10.0 Å². The zero-order valence-corrected chi connectivity index (χ0v) is 19.6. The number of nitrogens with zero attached hydrogens (tertiary/aromatic N) is 3. The number of ether oxygens (including phenoxy) is 2. The van der Waals surface area contributed by atoms with Crippen molar-refractivity contribution in [2.45, 2.75) is 30.6 Å². The molecule has 0 radical (unpaired) electrons. The molecule has 4 rings (SSSR count). The average Bonchev–Trinajstić information content (AvgIpc) is 3.14. The Bertz CT molecular complexity index is 1060. The molecule has 9 nitrogen and oxygen atoms in total. The van der Waals surface area contributed by atoms with Gasteiger partial charge in [-0.15, -0.1) is 0 Å². The van der Waals surface area contributed by atoms with E-state index in [1.807, 2.05) is 6.07 Å². The summed E-state index contributed by atoms with van der Waals surface area (Å²) in [6.07, 6.45) is 6.34. The monoisotopic (exact) mass is 474 g/mol. The highest BCUT2D eigenvalue weighted by Gasteiger charge is 2.29. The van der Waals surface area contributed by atoms with Crippen LogP contribution in [0.5, 0.6) is 5.75 Å². The molecule has 1 N–H and O–H groups in total. The maximum absolute atomic E-state index is 13.2. The summed E-state index contributed by atoms with van der Waals surface area (Å²) in [4.78, 5) is 19.5. The van der Waals surface area contributed by atoms with Crippen molar-refractivity contribution in [2.75, 3.05) is 56.7 Å². The van der Waals surface area contributed by atoms with E-state index in [4.69, 9.17) is 9.47 Å². The minimum absolute atomic E-state index is 0.0133. The molecule has 0 saturated carbocycles. The van der Waals surface area contributed by atoms with Crippen molar-refractivity contribution >= 4 is 27.4 Å². The molecule has 2 fully saturated rings. The second-order valence-corrected chi connectivity index (χ2v) is 10.0. The van der Waals surface area contributed by atoms with Gasteiger partial charge in [0, 0.05) is 38.1 Å². The quantitative estimate of drug-likeness (QED) is 0.687. The number of rotatable bonds is 6. The molecule has 0 atom stereocenters. The van der Waals surface area contributed by atoms with Crippen LogP contribution in [0.15, 0.2) is 41.4 Å². The van der Waals surface area contributed by atoms with Gasteiger partial charge in [-0.2, -0.15) is 4.31 Å². The fraction of sp³-hybridized carbons (Fsp3) is 0.478. The Labute approximate surface area is 194 Å².